The Balaban J connectivity index is 1.29. The number of hydrogen-bond donors (Lipinski definition) is 3. The van der Waals surface area contributed by atoms with Crippen LogP contribution in [0.4, 0.5) is 22.1 Å². The van der Waals surface area contributed by atoms with Crippen molar-refractivity contribution in [2.24, 2.45) is 0 Å². The Kier molecular flexibility index (Phi) is 9.95. The quantitative estimate of drug-likeness (QED) is 0.208. The molecule has 3 aromatic carbocycles. The van der Waals surface area contributed by atoms with E-state index in [1.165, 1.54) is 0 Å². The summed E-state index contributed by atoms with van der Waals surface area (Å²) in [7, 11) is 1.55. The van der Waals surface area contributed by atoms with Gasteiger partial charge in [0.15, 0.2) is 0 Å². The average Bonchev–Trinajstić information content (AvgIpc) is 3.02. The SMILES string of the molecule is COc1ccc(C(=O)NCCN2CCOCC2)cc1Nc1nccc(Oc2ccc(NC(=O)OC(C)(C)C)c3ccccc23)n1. The fourth-order valence-electron chi connectivity index (χ4n) is 4.78. The van der Waals surface area contributed by atoms with Crippen LogP contribution in [-0.2, 0) is 9.47 Å². The van der Waals surface area contributed by atoms with Crippen molar-refractivity contribution in [2.75, 3.05) is 57.1 Å². The van der Waals surface area contributed by atoms with Gasteiger partial charge in [0.1, 0.15) is 17.1 Å². The number of anilines is 3. The molecule has 12 heteroatoms. The zero-order valence-corrected chi connectivity index (χ0v) is 25.9. The molecule has 0 atom stereocenters. The van der Waals surface area contributed by atoms with Crippen LogP contribution in [0.5, 0.6) is 17.4 Å². The molecular formula is C33H38N6O6. The van der Waals surface area contributed by atoms with Gasteiger partial charge in [0.2, 0.25) is 11.8 Å². The number of aromatic nitrogens is 2. The second-order valence-corrected chi connectivity index (χ2v) is 11.4. The third kappa shape index (κ3) is 8.58. The normalized spacial score (nSPS) is 13.6. The lowest BCUT2D eigenvalue weighted by molar-refractivity contribution is 0.0383. The Labute approximate surface area is 262 Å². The minimum Gasteiger partial charge on any atom is -0.495 e. The van der Waals surface area contributed by atoms with Crippen LogP contribution >= 0.6 is 0 Å². The van der Waals surface area contributed by atoms with E-state index in [1.807, 2.05) is 45.0 Å². The summed E-state index contributed by atoms with van der Waals surface area (Å²) >= 11 is 0. The molecule has 2 heterocycles. The third-order valence-corrected chi connectivity index (χ3v) is 6.89. The van der Waals surface area contributed by atoms with Crippen LogP contribution in [-0.4, -0.2) is 79.0 Å². The fraction of sp³-hybridized carbons (Fsp3) is 0.333. The minimum absolute atomic E-state index is 0.191. The molecule has 45 heavy (non-hydrogen) atoms. The first-order valence-corrected chi connectivity index (χ1v) is 14.7. The number of rotatable bonds is 10. The maximum Gasteiger partial charge on any atom is 0.412 e. The zero-order valence-electron chi connectivity index (χ0n) is 25.9. The molecule has 3 N–H and O–H groups in total. The van der Waals surface area contributed by atoms with E-state index in [1.54, 1.807) is 49.7 Å². The Morgan fingerprint density at radius 1 is 0.956 bits per heavy atom. The van der Waals surface area contributed by atoms with E-state index in [0.29, 0.717) is 54.1 Å². The number of morpholine rings is 1. The molecule has 0 aliphatic carbocycles. The summed E-state index contributed by atoms with van der Waals surface area (Å²) in [4.78, 5) is 36.4. The Bertz CT molecular complexity index is 1650. The smallest absolute Gasteiger partial charge is 0.412 e. The molecule has 0 spiro atoms. The standard InChI is InChI=1S/C33H38N6O6/c1-33(2,3)45-32(41)37-25-10-12-27(24-8-6-5-7-23(24)25)44-29-13-14-35-31(38-29)36-26-21-22(9-11-28(26)42-4)30(40)34-15-16-39-17-19-43-20-18-39/h5-14,21H,15-20H2,1-4H3,(H,34,40)(H,37,41)(H,35,36,38). The molecule has 12 nitrogen and oxygen atoms in total. The number of fused-ring (bicyclic) bond motifs is 1. The van der Waals surface area contributed by atoms with Gasteiger partial charge in [-0.2, -0.15) is 4.98 Å². The van der Waals surface area contributed by atoms with E-state index in [4.69, 9.17) is 18.9 Å². The molecule has 1 aliphatic rings. The van der Waals surface area contributed by atoms with Crippen LogP contribution in [0.25, 0.3) is 10.8 Å². The summed E-state index contributed by atoms with van der Waals surface area (Å²) < 4.78 is 22.5. The number of benzene rings is 3. The largest absolute Gasteiger partial charge is 0.495 e. The summed E-state index contributed by atoms with van der Waals surface area (Å²) in [6, 6.07) is 17.8. The van der Waals surface area contributed by atoms with Crippen molar-refractivity contribution < 1.29 is 28.5 Å². The lowest BCUT2D eigenvalue weighted by atomic mass is 10.1. The van der Waals surface area contributed by atoms with Gasteiger partial charge in [-0.05, 0) is 51.1 Å². The van der Waals surface area contributed by atoms with E-state index in [2.05, 4.69) is 30.8 Å². The Morgan fingerprint density at radius 3 is 2.47 bits per heavy atom. The van der Waals surface area contributed by atoms with Crippen molar-refractivity contribution in [3.05, 3.63) is 72.4 Å². The van der Waals surface area contributed by atoms with Crippen molar-refractivity contribution in [1.82, 2.24) is 20.2 Å². The van der Waals surface area contributed by atoms with Crippen molar-refractivity contribution in [3.8, 4) is 17.4 Å². The van der Waals surface area contributed by atoms with Crippen LogP contribution in [0, 0.1) is 0 Å². The molecule has 2 amide bonds. The number of methoxy groups -OCH3 is 1. The molecule has 236 valence electrons. The summed E-state index contributed by atoms with van der Waals surface area (Å²) in [5, 5.41) is 10.5. The van der Waals surface area contributed by atoms with Gasteiger partial charge in [0.05, 0.1) is 31.7 Å². The highest BCUT2D eigenvalue weighted by atomic mass is 16.6. The zero-order chi connectivity index (χ0) is 31.8. The van der Waals surface area contributed by atoms with Crippen molar-refractivity contribution in [1.29, 1.82) is 0 Å². The van der Waals surface area contributed by atoms with Gasteiger partial charge < -0.3 is 29.6 Å². The van der Waals surface area contributed by atoms with Crippen LogP contribution in [0.3, 0.4) is 0 Å². The van der Waals surface area contributed by atoms with E-state index in [-0.39, 0.29) is 11.9 Å². The number of carbonyl (C=O) groups is 2. The van der Waals surface area contributed by atoms with Gasteiger partial charge in [0, 0.05) is 54.8 Å². The van der Waals surface area contributed by atoms with E-state index < -0.39 is 11.7 Å². The molecule has 1 fully saturated rings. The maximum atomic E-state index is 12.9. The minimum atomic E-state index is -0.622. The van der Waals surface area contributed by atoms with Crippen LogP contribution in [0.1, 0.15) is 31.1 Å². The second kappa shape index (κ2) is 14.2. The van der Waals surface area contributed by atoms with Gasteiger partial charge >= 0.3 is 6.09 Å². The highest BCUT2D eigenvalue weighted by Gasteiger charge is 2.18. The molecule has 1 saturated heterocycles. The van der Waals surface area contributed by atoms with Gasteiger partial charge in [-0.25, -0.2) is 9.78 Å². The first kappa shape index (κ1) is 31.5. The second-order valence-electron chi connectivity index (χ2n) is 11.4. The number of carbonyl (C=O) groups excluding carboxylic acids is 2. The van der Waals surface area contributed by atoms with Gasteiger partial charge in [-0.15, -0.1) is 0 Å². The summed E-state index contributed by atoms with van der Waals surface area (Å²) in [6.45, 7) is 9.88. The predicted molar refractivity (Wildman–Crippen MR) is 172 cm³/mol. The first-order chi connectivity index (χ1) is 21.7. The molecular weight excluding hydrogens is 576 g/mol. The molecule has 0 bridgehead atoms. The summed E-state index contributed by atoms with van der Waals surface area (Å²) in [5.41, 5.74) is 0.967. The number of nitrogens with one attached hydrogen (secondary N) is 3. The lowest BCUT2D eigenvalue weighted by Gasteiger charge is -2.26. The predicted octanol–water partition coefficient (Wildman–Crippen LogP) is 5.58. The van der Waals surface area contributed by atoms with Crippen molar-refractivity contribution >= 4 is 40.1 Å². The monoisotopic (exact) mass is 614 g/mol. The molecule has 4 aromatic rings. The van der Waals surface area contributed by atoms with Crippen molar-refractivity contribution in [3.63, 3.8) is 0 Å². The summed E-state index contributed by atoms with van der Waals surface area (Å²) in [6.07, 6.45) is 1.03. The molecule has 5 rings (SSSR count). The number of hydrogen-bond acceptors (Lipinski definition) is 10. The number of nitrogens with zero attached hydrogens (tertiary/aromatic N) is 3. The third-order valence-electron chi connectivity index (χ3n) is 6.89. The van der Waals surface area contributed by atoms with Crippen LogP contribution in [0.2, 0.25) is 0 Å². The van der Waals surface area contributed by atoms with Gasteiger partial charge in [0.25, 0.3) is 5.91 Å². The Hall–Kier alpha value is -4.94. The molecule has 0 unspecified atom stereocenters. The number of amides is 2. The molecule has 0 saturated carbocycles. The van der Waals surface area contributed by atoms with E-state index in [9.17, 15) is 9.59 Å². The lowest BCUT2D eigenvalue weighted by Crippen LogP contribution is -2.41. The van der Waals surface area contributed by atoms with Crippen molar-refractivity contribution in [2.45, 2.75) is 26.4 Å². The van der Waals surface area contributed by atoms with E-state index in [0.717, 1.165) is 30.4 Å². The first-order valence-electron chi connectivity index (χ1n) is 14.7. The van der Waals surface area contributed by atoms with Crippen LogP contribution < -0.4 is 25.4 Å². The number of ether oxygens (including phenoxy) is 4. The maximum absolute atomic E-state index is 12.9. The van der Waals surface area contributed by atoms with Gasteiger partial charge in [-0.3, -0.25) is 15.0 Å². The highest BCUT2D eigenvalue weighted by molar-refractivity contribution is 6.03. The average molecular weight is 615 g/mol. The van der Waals surface area contributed by atoms with Crippen LogP contribution in [0.15, 0.2) is 66.9 Å². The fourth-order valence-corrected chi connectivity index (χ4v) is 4.78. The van der Waals surface area contributed by atoms with E-state index >= 15 is 0 Å². The van der Waals surface area contributed by atoms with Gasteiger partial charge in [-0.1, -0.05) is 24.3 Å². The topological polar surface area (TPSA) is 136 Å². The molecule has 1 aliphatic heterocycles. The Morgan fingerprint density at radius 2 is 1.71 bits per heavy atom. The summed E-state index contributed by atoms with van der Waals surface area (Å²) in [5.74, 6) is 1.42. The molecule has 1 aromatic heterocycles. The molecule has 0 radical (unpaired) electrons. The highest BCUT2D eigenvalue weighted by Crippen LogP contribution is 2.35.